The summed E-state index contributed by atoms with van der Waals surface area (Å²) >= 11 is 6.07. The Labute approximate surface area is 123 Å². The van der Waals surface area contributed by atoms with Gasteiger partial charge in [-0.05, 0) is 38.6 Å². The Morgan fingerprint density at radius 2 is 2.20 bits per heavy atom. The van der Waals surface area contributed by atoms with E-state index in [0.717, 1.165) is 23.5 Å². The molecule has 2 aromatic rings. The number of halogens is 2. The van der Waals surface area contributed by atoms with Crippen LogP contribution in [0.15, 0.2) is 24.3 Å². The van der Waals surface area contributed by atoms with Gasteiger partial charge in [-0.3, -0.25) is 4.68 Å². The standard InChI is InChI=1S/C15H19ClFN3/c1-4-20-11(8-10(2)19-20)9-14(18-3)12-6-5-7-13(17)15(12)16/h5-8,14,18H,4,9H2,1-3H3. The summed E-state index contributed by atoms with van der Waals surface area (Å²) in [5, 5.41) is 7.82. The number of hydrogen-bond acceptors (Lipinski definition) is 2. The number of aromatic nitrogens is 2. The van der Waals surface area contributed by atoms with Gasteiger partial charge >= 0.3 is 0 Å². The van der Waals surface area contributed by atoms with Gasteiger partial charge < -0.3 is 5.32 Å². The highest BCUT2D eigenvalue weighted by Gasteiger charge is 2.18. The van der Waals surface area contributed by atoms with Crippen LogP contribution in [0.2, 0.25) is 5.02 Å². The minimum atomic E-state index is -0.385. The van der Waals surface area contributed by atoms with E-state index in [1.807, 2.05) is 24.7 Å². The first-order valence-corrected chi connectivity index (χ1v) is 7.09. The number of aryl methyl sites for hydroxylation is 2. The average molecular weight is 296 g/mol. The van der Waals surface area contributed by atoms with Gasteiger partial charge in [0.1, 0.15) is 5.82 Å². The van der Waals surface area contributed by atoms with Crippen molar-refractivity contribution in [1.29, 1.82) is 0 Å². The highest BCUT2D eigenvalue weighted by Crippen LogP contribution is 2.28. The molecule has 0 saturated carbocycles. The molecule has 3 nitrogen and oxygen atoms in total. The van der Waals surface area contributed by atoms with Gasteiger partial charge in [0.25, 0.3) is 0 Å². The zero-order valence-electron chi connectivity index (χ0n) is 12.0. The first kappa shape index (κ1) is 15.0. The quantitative estimate of drug-likeness (QED) is 0.915. The Balaban J connectivity index is 2.31. The number of benzene rings is 1. The Hall–Kier alpha value is -1.39. The van der Waals surface area contributed by atoms with Crippen molar-refractivity contribution in [2.75, 3.05) is 7.05 Å². The van der Waals surface area contributed by atoms with Crippen LogP contribution in [0.5, 0.6) is 0 Å². The van der Waals surface area contributed by atoms with Crippen LogP contribution in [0.25, 0.3) is 0 Å². The highest BCUT2D eigenvalue weighted by molar-refractivity contribution is 6.31. The molecule has 0 spiro atoms. The van der Waals surface area contributed by atoms with Crippen molar-refractivity contribution >= 4 is 11.6 Å². The van der Waals surface area contributed by atoms with E-state index in [2.05, 4.69) is 23.4 Å². The van der Waals surface area contributed by atoms with Crippen LogP contribution in [0.3, 0.4) is 0 Å². The molecule has 0 fully saturated rings. The molecule has 0 aliphatic heterocycles. The Morgan fingerprint density at radius 3 is 2.85 bits per heavy atom. The van der Waals surface area contributed by atoms with Gasteiger partial charge in [-0.25, -0.2) is 4.39 Å². The lowest BCUT2D eigenvalue weighted by Gasteiger charge is -2.18. The summed E-state index contributed by atoms with van der Waals surface area (Å²) in [6.07, 6.45) is 0.717. The molecule has 0 aliphatic carbocycles. The van der Waals surface area contributed by atoms with E-state index in [1.165, 1.54) is 6.07 Å². The number of nitrogens with zero attached hydrogens (tertiary/aromatic N) is 2. The third-order valence-electron chi connectivity index (χ3n) is 3.40. The van der Waals surface area contributed by atoms with Gasteiger partial charge in [-0.15, -0.1) is 0 Å². The Morgan fingerprint density at radius 1 is 1.45 bits per heavy atom. The minimum absolute atomic E-state index is 0.0420. The van der Waals surface area contributed by atoms with Gasteiger partial charge in [-0.1, -0.05) is 23.7 Å². The molecule has 5 heteroatoms. The molecular formula is C15H19ClFN3. The van der Waals surface area contributed by atoms with E-state index >= 15 is 0 Å². The van der Waals surface area contributed by atoms with Gasteiger partial charge in [0.2, 0.25) is 0 Å². The predicted molar refractivity (Wildman–Crippen MR) is 79.6 cm³/mol. The lowest BCUT2D eigenvalue weighted by molar-refractivity contribution is 0.536. The van der Waals surface area contributed by atoms with Gasteiger partial charge in [0.15, 0.2) is 0 Å². The van der Waals surface area contributed by atoms with Crippen LogP contribution in [0, 0.1) is 12.7 Å². The lowest BCUT2D eigenvalue weighted by atomic mass is 10.0. The molecule has 20 heavy (non-hydrogen) atoms. The SMILES string of the molecule is CCn1nc(C)cc1CC(NC)c1cccc(F)c1Cl. The smallest absolute Gasteiger partial charge is 0.142 e. The van der Waals surface area contributed by atoms with Crippen molar-refractivity contribution in [1.82, 2.24) is 15.1 Å². The van der Waals surface area contributed by atoms with Crippen LogP contribution < -0.4 is 5.32 Å². The summed E-state index contributed by atoms with van der Waals surface area (Å²) < 4.78 is 15.6. The number of likely N-dealkylation sites (N-methyl/N-ethyl adjacent to an activating group) is 1. The molecule has 1 atom stereocenters. The van der Waals surface area contributed by atoms with E-state index in [9.17, 15) is 4.39 Å². The highest BCUT2D eigenvalue weighted by atomic mass is 35.5. The molecule has 1 aromatic heterocycles. The summed E-state index contributed by atoms with van der Waals surface area (Å²) in [6.45, 7) is 4.84. The predicted octanol–water partition coefficient (Wildman–Crippen LogP) is 3.51. The summed E-state index contributed by atoms with van der Waals surface area (Å²) in [4.78, 5) is 0. The number of nitrogens with one attached hydrogen (secondary N) is 1. The Kier molecular flexibility index (Phi) is 4.78. The molecule has 1 aromatic carbocycles. The lowest BCUT2D eigenvalue weighted by Crippen LogP contribution is -2.21. The molecule has 1 unspecified atom stereocenters. The van der Waals surface area contributed by atoms with Crippen molar-refractivity contribution in [3.8, 4) is 0 Å². The molecule has 2 rings (SSSR count). The monoisotopic (exact) mass is 295 g/mol. The van der Waals surface area contributed by atoms with Crippen LogP contribution in [-0.2, 0) is 13.0 Å². The van der Waals surface area contributed by atoms with E-state index in [1.54, 1.807) is 6.07 Å². The fourth-order valence-electron chi connectivity index (χ4n) is 2.40. The first-order chi connectivity index (χ1) is 9.56. The molecule has 0 saturated heterocycles. The van der Waals surface area contributed by atoms with Crippen molar-refractivity contribution < 1.29 is 4.39 Å². The van der Waals surface area contributed by atoms with Gasteiger partial charge in [0.05, 0.1) is 10.7 Å². The van der Waals surface area contributed by atoms with Gasteiger partial charge in [-0.2, -0.15) is 5.10 Å². The van der Waals surface area contributed by atoms with Crippen LogP contribution >= 0.6 is 11.6 Å². The second-order valence-corrected chi connectivity index (χ2v) is 5.16. The normalized spacial score (nSPS) is 12.7. The zero-order valence-corrected chi connectivity index (χ0v) is 12.7. The Bertz CT molecular complexity index is 595. The van der Waals surface area contributed by atoms with E-state index in [0.29, 0.717) is 6.42 Å². The summed E-state index contributed by atoms with van der Waals surface area (Å²) in [7, 11) is 1.85. The third kappa shape index (κ3) is 3.02. The maximum atomic E-state index is 13.6. The van der Waals surface area contributed by atoms with Crippen LogP contribution in [-0.4, -0.2) is 16.8 Å². The topological polar surface area (TPSA) is 29.9 Å². The summed E-state index contributed by atoms with van der Waals surface area (Å²) in [5.74, 6) is -0.385. The average Bonchev–Trinajstić information content (AvgIpc) is 2.79. The van der Waals surface area contributed by atoms with E-state index in [4.69, 9.17) is 11.6 Å². The molecule has 0 radical (unpaired) electrons. The van der Waals surface area contributed by atoms with Gasteiger partial charge in [0, 0.05) is 24.7 Å². The largest absolute Gasteiger partial charge is 0.313 e. The first-order valence-electron chi connectivity index (χ1n) is 6.71. The molecule has 108 valence electrons. The van der Waals surface area contributed by atoms with Crippen molar-refractivity contribution in [2.24, 2.45) is 0 Å². The van der Waals surface area contributed by atoms with E-state index in [-0.39, 0.29) is 16.9 Å². The fraction of sp³-hybridized carbons (Fsp3) is 0.400. The summed E-state index contributed by atoms with van der Waals surface area (Å²) in [5.41, 5.74) is 2.88. The van der Waals surface area contributed by atoms with E-state index < -0.39 is 0 Å². The van der Waals surface area contributed by atoms with Crippen molar-refractivity contribution in [3.05, 3.63) is 52.1 Å². The zero-order chi connectivity index (χ0) is 14.7. The maximum Gasteiger partial charge on any atom is 0.142 e. The van der Waals surface area contributed by atoms with Crippen molar-refractivity contribution in [2.45, 2.75) is 32.9 Å². The third-order valence-corrected chi connectivity index (χ3v) is 3.80. The van der Waals surface area contributed by atoms with Crippen molar-refractivity contribution in [3.63, 3.8) is 0 Å². The number of hydrogen-bond donors (Lipinski definition) is 1. The number of rotatable bonds is 5. The molecule has 0 bridgehead atoms. The summed E-state index contributed by atoms with van der Waals surface area (Å²) in [6, 6.07) is 6.93. The molecule has 1 N–H and O–H groups in total. The molecule has 0 aliphatic rings. The molecule has 1 heterocycles. The minimum Gasteiger partial charge on any atom is -0.313 e. The van der Waals surface area contributed by atoms with Crippen LogP contribution in [0.4, 0.5) is 4.39 Å². The van der Waals surface area contributed by atoms with Crippen LogP contribution in [0.1, 0.15) is 29.9 Å². The maximum absolute atomic E-state index is 13.6. The molecular weight excluding hydrogens is 277 g/mol. The molecule has 0 amide bonds. The second kappa shape index (κ2) is 6.37. The fourth-order valence-corrected chi connectivity index (χ4v) is 2.66. The second-order valence-electron chi connectivity index (χ2n) is 4.78.